The molecular formula is C14H18ClN3. The summed E-state index contributed by atoms with van der Waals surface area (Å²) in [5.41, 5.74) is 2.19. The minimum Gasteiger partial charge on any atom is -0.327 e. The zero-order valence-corrected chi connectivity index (χ0v) is 11.4. The van der Waals surface area contributed by atoms with Gasteiger partial charge in [-0.25, -0.2) is 4.98 Å². The van der Waals surface area contributed by atoms with Gasteiger partial charge >= 0.3 is 0 Å². The van der Waals surface area contributed by atoms with Gasteiger partial charge in [0.1, 0.15) is 5.82 Å². The maximum absolute atomic E-state index is 6.08. The molecule has 1 aromatic heterocycles. The Morgan fingerprint density at radius 3 is 3.00 bits per heavy atom. The third kappa shape index (κ3) is 2.38. The number of hydrogen-bond donors (Lipinski definition) is 1. The normalized spacial score (nSPS) is 15.4. The van der Waals surface area contributed by atoms with E-state index >= 15 is 0 Å². The Labute approximate surface area is 112 Å². The summed E-state index contributed by atoms with van der Waals surface area (Å²) in [5, 5.41) is 4.31. The van der Waals surface area contributed by atoms with Gasteiger partial charge in [-0.2, -0.15) is 0 Å². The van der Waals surface area contributed by atoms with Crippen molar-refractivity contribution in [3.05, 3.63) is 29.0 Å². The fourth-order valence-electron chi connectivity index (χ4n) is 2.28. The lowest BCUT2D eigenvalue weighted by Crippen LogP contribution is -2.19. The molecule has 1 aromatic carbocycles. The van der Waals surface area contributed by atoms with Crippen molar-refractivity contribution < 1.29 is 0 Å². The first-order valence-corrected chi connectivity index (χ1v) is 7.04. The van der Waals surface area contributed by atoms with Crippen molar-refractivity contribution in [2.45, 2.75) is 45.3 Å². The van der Waals surface area contributed by atoms with Crippen molar-refractivity contribution in [1.29, 1.82) is 0 Å². The topological polar surface area (TPSA) is 29.9 Å². The molecule has 3 nitrogen and oxygen atoms in total. The number of halogens is 1. The van der Waals surface area contributed by atoms with Crippen LogP contribution in [0, 0.1) is 0 Å². The molecule has 2 aromatic rings. The molecular weight excluding hydrogens is 246 g/mol. The van der Waals surface area contributed by atoms with Gasteiger partial charge in [0.15, 0.2) is 0 Å². The van der Waals surface area contributed by atoms with Crippen LogP contribution >= 0.6 is 11.6 Å². The van der Waals surface area contributed by atoms with Gasteiger partial charge in [0.2, 0.25) is 0 Å². The molecule has 1 N–H and O–H groups in total. The second kappa shape index (κ2) is 4.90. The number of imidazole rings is 1. The fraction of sp³-hybridized carbons (Fsp3) is 0.500. The molecule has 96 valence electrons. The number of nitrogens with zero attached hydrogens (tertiary/aromatic N) is 2. The first-order chi connectivity index (χ1) is 8.78. The third-order valence-corrected chi connectivity index (χ3v) is 3.60. The summed E-state index contributed by atoms with van der Waals surface area (Å²) in [6.45, 7) is 4.05. The monoisotopic (exact) mass is 263 g/mol. The molecule has 0 bridgehead atoms. The van der Waals surface area contributed by atoms with E-state index in [1.807, 2.05) is 18.2 Å². The highest BCUT2D eigenvalue weighted by Gasteiger charge is 2.21. The Morgan fingerprint density at radius 1 is 1.44 bits per heavy atom. The Kier molecular flexibility index (Phi) is 3.27. The number of aromatic nitrogens is 2. The van der Waals surface area contributed by atoms with Gasteiger partial charge in [-0.15, -0.1) is 0 Å². The molecule has 0 atom stereocenters. The minimum atomic E-state index is 0.712. The van der Waals surface area contributed by atoms with Gasteiger partial charge in [-0.1, -0.05) is 18.5 Å². The van der Waals surface area contributed by atoms with Crippen LogP contribution in [0.4, 0.5) is 0 Å². The van der Waals surface area contributed by atoms with Gasteiger partial charge in [0.25, 0.3) is 0 Å². The maximum Gasteiger partial charge on any atom is 0.123 e. The molecule has 0 saturated heterocycles. The van der Waals surface area contributed by atoms with E-state index in [0.717, 1.165) is 41.4 Å². The van der Waals surface area contributed by atoms with E-state index in [2.05, 4.69) is 16.8 Å². The zero-order chi connectivity index (χ0) is 12.5. The number of benzene rings is 1. The van der Waals surface area contributed by atoms with Crippen molar-refractivity contribution >= 4 is 22.6 Å². The predicted octanol–water partition coefficient (Wildman–Crippen LogP) is 3.35. The van der Waals surface area contributed by atoms with E-state index in [-0.39, 0.29) is 0 Å². The molecule has 0 radical (unpaired) electrons. The number of nitrogens with one attached hydrogen (secondary N) is 1. The van der Waals surface area contributed by atoms with E-state index in [4.69, 9.17) is 16.6 Å². The zero-order valence-electron chi connectivity index (χ0n) is 10.6. The average molecular weight is 264 g/mol. The quantitative estimate of drug-likeness (QED) is 0.897. The highest BCUT2D eigenvalue weighted by atomic mass is 35.5. The maximum atomic E-state index is 6.08. The van der Waals surface area contributed by atoms with Gasteiger partial charge in [-0.05, 0) is 37.5 Å². The molecule has 0 unspecified atom stereocenters. The highest BCUT2D eigenvalue weighted by Crippen LogP contribution is 2.23. The highest BCUT2D eigenvalue weighted by molar-refractivity contribution is 6.31. The van der Waals surface area contributed by atoms with Crippen molar-refractivity contribution in [2.24, 2.45) is 0 Å². The van der Waals surface area contributed by atoms with Crippen LogP contribution in [0.25, 0.3) is 11.0 Å². The van der Waals surface area contributed by atoms with Crippen molar-refractivity contribution in [2.75, 3.05) is 0 Å². The van der Waals surface area contributed by atoms with E-state index in [1.165, 1.54) is 12.8 Å². The first kappa shape index (κ1) is 12.0. The van der Waals surface area contributed by atoms with E-state index in [9.17, 15) is 0 Å². The number of hydrogen-bond acceptors (Lipinski definition) is 2. The summed E-state index contributed by atoms with van der Waals surface area (Å²) in [4.78, 5) is 4.71. The second-order valence-corrected chi connectivity index (χ2v) is 5.40. The van der Waals surface area contributed by atoms with Crippen LogP contribution in [0.2, 0.25) is 5.02 Å². The molecule has 1 saturated carbocycles. The molecule has 1 aliphatic carbocycles. The number of fused-ring (bicyclic) bond motifs is 1. The van der Waals surface area contributed by atoms with Gasteiger partial charge in [-0.3, -0.25) is 0 Å². The molecule has 0 spiro atoms. The molecule has 18 heavy (non-hydrogen) atoms. The fourth-order valence-corrected chi connectivity index (χ4v) is 2.44. The number of rotatable bonds is 5. The summed E-state index contributed by atoms with van der Waals surface area (Å²) >= 11 is 6.08. The lowest BCUT2D eigenvalue weighted by Gasteiger charge is -2.08. The summed E-state index contributed by atoms with van der Waals surface area (Å²) < 4.78 is 2.29. The minimum absolute atomic E-state index is 0.712. The molecule has 3 rings (SSSR count). The Hall–Kier alpha value is -1.06. The molecule has 0 aliphatic heterocycles. The van der Waals surface area contributed by atoms with Crippen LogP contribution in [-0.2, 0) is 13.1 Å². The van der Waals surface area contributed by atoms with Crippen LogP contribution in [0.1, 0.15) is 32.0 Å². The molecule has 4 heteroatoms. The first-order valence-electron chi connectivity index (χ1n) is 6.66. The van der Waals surface area contributed by atoms with Crippen LogP contribution < -0.4 is 5.32 Å². The summed E-state index contributed by atoms with van der Waals surface area (Å²) in [5.74, 6) is 1.13. The van der Waals surface area contributed by atoms with Gasteiger partial charge in [0.05, 0.1) is 17.6 Å². The Bertz CT molecular complexity index is 557. The summed E-state index contributed by atoms with van der Waals surface area (Å²) in [6.07, 6.45) is 3.72. The van der Waals surface area contributed by atoms with Crippen molar-refractivity contribution in [1.82, 2.24) is 14.9 Å². The smallest absolute Gasteiger partial charge is 0.123 e. The predicted molar refractivity (Wildman–Crippen MR) is 74.9 cm³/mol. The van der Waals surface area contributed by atoms with Crippen molar-refractivity contribution in [3.63, 3.8) is 0 Å². The third-order valence-electron chi connectivity index (χ3n) is 3.36. The van der Waals surface area contributed by atoms with E-state index in [1.54, 1.807) is 0 Å². The van der Waals surface area contributed by atoms with Crippen molar-refractivity contribution in [3.8, 4) is 0 Å². The number of aryl methyl sites for hydroxylation is 1. The lowest BCUT2D eigenvalue weighted by molar-refractivity contribution is 0.596. The Morgan fingerprint density at radius 2 is 2.28 bits per heavy atom. The molecule has 0 amide bonds. The SMILES string of the molecule is CCCn1c(CNC2CC2)nc2ccc(Cl)cc21. The van der Waals surface area contributed by atoms with Gasteiger partial charge < -0.3 is 9.88 Å². The molecule has 1 fully saturated rings. The average Bonchev–Trinajstić information content (AvgIpc) is 3.13. The molecule has 1 aliphatic rings. The van der Waals surface area contributed by atoms with Crippen LogP contribution in [0.15, 0.2) is 18.2 Å². The Balaban J connectivity index is 1.96. The standard InChI is InChI=1S/C14H18ClN3/c1-2-7-18-13-8-10(15)3-6-12(13)17-14(18)9-16-11-4-5-11/h3,6,8,11,16H,2,4-5,7,9H2,1H3. The largest absolute Gasteiger partial charge is 0.327 e. The molecule has 1 heterocycles. The van der Waals surface area contributed by atoms with Gasteiger partial charge in [0, 0.05) is 17.6 Å². The van der Waals surface area contributed by atoms with Crippen LogP contribution in [0.5, 0.6) is 0 Å². The summed E-state index contributed by atoms with van der Waals surface area (Å²) in [7, 11) is 0. The van der Waals surface area contributed by atoms with E-state index in [0.29, 0.717) is 6.04 Å². The second-order valence-electron chi connectivity index (χ2n) is 4.97. The lowest BCUT2D eigenvalue weighted by atomic mass is 10.3. The summed E-state index contributed by atoms with van der Waals surface area (Å²) in [6, 6.07) is 6.64. The van der Waals surface area contributed by atoms with Crippen LogP contribution in [0.3, 0.4) is 0 Å². The van der Waals surface area contributed by atoms with Crippen LogP contribution in [-0.4, -0.2) is 15.6 Å². The van der Waals surface area contributed by atoms with E-state index < -0.39 is 0 Å².